The third kappa shape index (κ3) is 3.95. The summed E-state index contributed by atoms with van der Waals surface area (Å²) < 4.78 is 0. The van der Waals surface area contributed by atoms with E-state index in [0.717, 1.165) is 36.6 Å². The molecule has 3 rings (SSSR count). The first-order chi connectivity index (χ1) is 12.9. The molecule has 142 valence electrons. The maximum Gasteiger partial charge on any atom is 0.271 e. The molecular weight excluding hydrogens is 340 g/mol. The molecule has 0 amide bonds. The minimum absolute atomic E-state index is 0.0910. The lowest BCUT2D eigenvalue weighted by molar-refractivity contribution is -0.384. The first-order valence-electron chi connectivity index (χ1n) is 9.03. The highest BCUT2D eigenvalue weighted by molar-refractivity contribution is 5.76. The molecule has 2 aromatic carbocycles. The minimum Gasteiger partial charge on any atom is -0.377 e. The number of rotatable bonds is 5. The number of likely N-dealkylation sites (N-methyl/N-ethyl adjacent to an activating group) is 1. The molecule has 0 radical (unpaired) electrons. The van der Waals surface area contributed by atoms with E-state index in [4.69, 9.17) is 0 Å². The molecule has 1 atom stereocenters. The quantitative estimate of drug-likeness (QED) is 0.598. The molecule has 0 bridgehead atoms. The fourth-order valence-corrected chi connectivity index (χ4v) is 3.61. The molecule has 1 aliphatic rings. The average Bonchev–Trinajstić information content (AvgIpc) is 2.67. The Hall–Kier alpha value is -2.86. The van der Waals surface area contributed by atoms with Gasteiger partial charge in [-0.05, 0) is 18.7 Å². The van der Waals surface area contributed by atoms with Gasteiger partial charge in [0.05, 0.1) is 16.7 Å². The van der Waals surface area contributed by atoms with E-state index in [0.29, 0.717) is 0 Å². The van der Waals surface area contributed by atoms with E-state index in [2.05, 4.69) is 47.7 Å². The first-order valence-corrected chi connectivity index (χ1v) is 9.03. The molecule has 1 aliphatic heterocycles. The van der Waals surface area contributed by atoms with Crippen molar-refractivity contribution in [2.75, 3.05) is 45.7 Å². The van der Waals surface area contributed by atoms with E-state index in [1.165, 1.54) is 5.56 Å². The first kappa shape index (κ1) is 18.9. The minimum atomic E-state index is -0.359. The fourth-order valence-electron chi connectivity index (χ4n) is 3.61. The summed E-state index contributed by atoms with van der Waals surface area (Å²) in [5, 5.41) is 11.2. The average molecular weight is 366 g/mol. The summed E-state index contributed by atoms with van der Waals surface area (Å²) in [7, 11) is 5.93. The largest absolute Gasteiger partial charge is 0.377 e. The van der Waals surface area contributed by atoms with E-state index in [-0.39, 0.29) is 16.7 Å². The van der Waals surface area contributed by atoms with Gasteiger partial charge < -0.3 is 14.7 Å². The number of nitro benzene ring substituents is 1. The Morgan fingerprint density at radius 1 is 1.19 bits per heavy atom. The molecule has 6 nitrogen and oxygen atoms in total. The molecular formula is C21H26N4O2. The van der Waals surface area contributed by atoms with Crippen molar-refractivity contribution in [1.29, 1.82) is 0 Å². The Morgan fingerprint density at radius 3 is 2.52 bits per heavy atom. The van der Waals surface area contributed by atoms with Gasteiger partial charge in [-0.15, -0.1) is 0 Å². The van der Waals surface area contributed by atoms with Crippen LogP contribution in [0.5, 0.6) is 0 Å². The van der Waals surface area contributed by atoms with Gasteiger partial charge in [-0.2, -0.15) is 0 Å². The molecule has 0 N–H and O–H groups in total. The summed E-state index contributed by atoms with van der Waals surface area (Å²) in [6, 6.07) is 15.6. The predicted molar refractivity (Wildman–Crippen MR) is 110 cm³/mol. The summed E-state index contributed by atoms with van der Waals surface area (Å²) >= 11 is 0. The highest BCUT2D eigenvalue weighted by Gasteiger charge is 2.29. The third-order valence-corrected chi connectivity index (χ3v) is 5.10. The van der Waals surface area contributed by atoms with Gasteiger partial charge >= 0.3 is 0 Å². The highest BCUT2D eigenvalue weighted by atomic mass is 16.6. The van der Waals surface area contributed by atoms with Gasteiger partial charge in [-0.25, -0.2) is 0 Å². The lowest BCUT2D eigenvalue weighted by atomic mass is 9.99. The Labute approximate surface area is 160 Å². The summed E-state index contributed by atoms with van der Waals surface area (Å²) in [4.78, 5) is 17.4. The van der Waals surface area contributed by atoms with Crippen LogP contribution in [0.3, 0.4) is 0 Å². The molecule has 0 spiro atoms. The lowest BCUT2D eigenvalue weighted by Gasteiger charge is -2.43. The van der Waals surface area contributed by atoms with Crippen LogP contribution in [0.4, 0.5) is 11.4 Å². The zero-order valence-electron chi connectivity index (χ0n) is 16.1. The highest BCUT2D eigenvalue weighted by Crippen LogP contribution is 2.36. The van der Waals surface area contributed by atoms with Crippen LogP contribution >= 0.6 is 0 Å². The Bertz CT molecular complexity index is 835. The van der Waals surface area contributed by atoms with Crippen LogP contribution in [0.25, 0.3) is 5.70 Å². The van der Waals surface area contributed by atoms with Crippen molar-refractivity contribution in [2.45, 2.75) is 6.04 Å². The number of nitro groups is 1. The molecule has 0 aliphatic carbocycles. The summed E-state index contributed by atoms with van der Waals surface area (Å²) in [6.07, 6.45) is 0. The number of anilines is 1. The van der Waals surface area contributed by atoms with Crippen LogP contribution in [0.1, 0.15) is 17.2 Å². The molecule has 1 saturated heterocycles. The molecule has 0 saturated carbocycles. The maximum absolute atomic E-state index is 11.2. The van der Waals surface area contributed by atoms with Gasteiger partial charge in [0.15, 0.2) is 0 Å². The molecule has 1 fully saturated rings. The van der Waals surface area contributed by atoms with Gasteiger partial charge in [0.2, 0.25) is 0 Å². The second-order valence-electron chi connectivity index (χ2n) is 7.18. The maximum atomic E-state index is 11.2. The van der Waals surface area contributed by atoms with E-state index < -0.39 is 0 Å². The van der Waals surface area contributed by atoms with Crippen LogP contribution in [0.15, 0.2) is 55.1 Å². The molecule has 27 heavy (non-hydrogen) atoms. The van der Waals surface area contributed by atoms with Gasteiger partial charge in [0.25, 0.3) is 5.69 Å². The van der Waals surface area contributed by atoms with Crippen LogP contribution in [0.2, 0.25) is 0 Å². The van der Waals surface area contributed by atoms with E-state index in [1.807, 2.05) is 31.1 Å². The van der Waals surface area contributed by atoms with Gasteiger partial charge in [0.1, 0.15) is 0 Å². The molecule has 1 heterocycles. The van der Waals surface area contributed by atoms with Gasteiger partial charge in [-0.1, -0.05) is 36.9 Å². The monoisotopic (exact) mass is 366 g/mol. The standard InChI is InChI=1S/C21H26N4O2/c1-16(19-11-10-18(25(26)27)14-20(19)22(2)3)24-13-12-23(4)15-21(24)17-8-6-5-7-9-17/h5-11,14,21H,1,12-13,15H2,2-4H3. The number of nitrogens with zero attached hydrogens (tertiary/aromatic N) is 4. The third-order valence-electron chi connectivity index (χ3n) is 5.10. The fraction of sp³-hybridized carbons (Fsp3) is 0.333. The van der Waals surface area contributed by atoms with Gasteiger partial charge in [0, 0.05) is 57.1 Å². The number of benzene rings is 2. The van der Waals surface area contributed by atoms with Crippen molar-refractivity contribution >= 4 is 17.1 Å². The van der Waals surface area contributed by atoms with Crippen LogP contribution < -0.4 is 4.90 Å². The predicted octanol–water partition coefficient (Wildman–Crippen LogP) is 3.62. The Kier molecular flexibility index (Phi) is 5.46. The number of hydrogen-bond acceptors (Lipinski definition) is 5. The van der Waals surface area contributed by atoms with Gasteiger partial charge in [-0.3, -0.25) is 10.1 Å². The molecule has 2 aromatic rings. The van der Waals surface area contributed by atoms with Crippen molar-refractivity contribution in [1.82, 2.24) is 9.80 Å². The molecule has 1 unspecified atom stereocenters. The molecule has 0 aromatic heterocycles. The number of non-ortho nitro benzene ring substituents is 1. The van der Waals surface area contributed by atoms with E-state index in [1.54, 1.807) is 12.1 Å². The van der Waals surface area contributed by atoms with Crippen LogP contribution in [0, 0.1) is 10.1 Å². The second kappa shape index (κ2) is 7.80. The normalized spacial score (nSPS) is 17.6. The van der Waals surface area contributed by atoms with Crippen LogP contribution in [-0.2, 0) is 0 Å². The molecule has 6 heteroatoms. The number of piperazine rings is 1. The second-order valence-corrected chi connectivity index (χ2v) is 7.18. The van der Waals surface area contributed by atoms with Crippen LogP contribution in [-0.4, -0.2) is 55.5 Å². The zero-order chi connectivity index (χ0) is 19.6. The van der Waals surface area contributed by atoms with Crippen molar-refractivity contribution in [2.24, 2.45) is 0 Å². The van der Waals surface area contributed by atoms with E-state index >= 15 is 0 Å². The summed E-state index contributed by atoms with van der Waals surface area (Å²) in [6.45, 7) is 7.10. The number of hydrogen-bond donors (Lipinski definition) is 0. The van der Waals surface area contributed by atoms with Crippen molar-refractivity contribution < 1.29 is 4.92 Å². The van der Waals surface area contributed by atoms with Crippen molar-refractivity contribution in [3.8, 4) is 0 Å². The summed E-state index contributed by atoms with van der Waals surface area (Å²) in [5.74, 6) is 0. The smallest absolute Gasteiger partial charge is 0.271 e. The zero-order valence-corrected chi connectivity index (χ0v) is 16.1. The Balaban J connectivity index is 1.99. The lowest BCUT2D eigenvalue weighted by Crippen LogP contribution is -2.45. The Morgan fingerprint density at radius 2 is 1.89 bits per heavy atom. The topological polar surface area (TPSA) is 52.9 Å². The van der Waals surface area contributed by atoms with Crippen molar-refractivity contribution in [3.63, 3.8) is 0 Å². The SMILES string of the molecule is C=C(c1ccc([N+](=O)[O-])cc1N(C)C)N1CCN(C)CC1c1ccccc1. The van der Waals surface area contributed by atoms with Crippen molar-refractivity contribution in [3.05, 3.63) is 76.4 Å². The summed E-state index contributed by atoms with van der Waals surface area (Å²) in [5.41, 5.74) is 3.97. The van der Waals surface area contributed by atoms with E-state index in [9.17, 15) is 10.1 Å².